The fourth-order valence-corrected chi connectivity index (χ4v) is 1.63. The largest absolute Gasteiger partial charge is 0.179 e. The molecule has 10 heavy (non-hydrogen) atoms. The summed E-state index contributed by atoms with van der Waals surface area (Å²) < 4.78 is 0. The van der Waals surface area contributed by atoms with Gasteiger partial charge in [-0.2, -0.15) is 25.3 Å². The third kappa shape index (κ3) is 5.48. The third-order valence-corrected chi connectivity index (χ3v) is 2.69. The average Bonchev–Trinajstić information content (AvgIpc) is 1.99. The van der Waals surface area contributed by atoms with Crippen LogP contribution in [0.3, 0.4) is 0 Å². The number of hydrogen-bond acceptors (Lipinski definition) is 2. The van der Waals surface area contributed by atoms with Crippen LogP contribution in [-0.2, 0) is 0 Å². The Morgan fingerprint density at radius 1 is 1.20 bits per heavy atom. The highest BCUT2D eigenvalue weighted by molar-refractivity contribution is 7.80. The molecule has 0 aliphatic carbocycles. The molecule has 1 unspecified atom stereocenters. The van der Waals surface area contributed by atoms with E-state index in [2.05, 4.69) is 32.2 Å². The smallest absolute Gasteiger partial charge is 0.00696 e. The Bertz CT molecular complexity index is 60.3. The highest BCUT2D eigenvalue weighted by Crippen LogP contribution is 2.13. The Balaban J connectivity index is 3.09. The van der Waals surface area contributed by atoms with Crippen molar-refractivity contribution in [3.63, 3.8) is 0 Å². The van der Waals surface area contributed by atoms with Gasteiger partial charge in [-0.25, -0.2) is 0 Å². The first-order valence-electron chi connectivity index (χ1n) is 4.06. The highest BCUT2D eigenvalue weighted by atomic mass is 32.1. The normalized spacial score (nSPS) is 13.5. The Morgan fingerprint density at radius 3 is 2.30 bits per heavy atom. The van der Waals surface area contributed by atoms with E-state index >= 15 is 0 Å². The van der Waals surface area contributed by atoms with E-state index < -0.39 is 0 Å². The van der Waals surface area contributed by atoms with Gasteiger partial charge in [-0.05, 0) is 30.3 Å². The van der Waals surface area contributed by atoms with E-state index in [0.29, 0.717) is 0 Å². The highest BCUT2D eigenvalue weighted by Gasteiger charge is 2.01. The van der Waals surface area contributed by atoms with Crippen LogP contribution in [-0.4, -0.2) is 11.5 Å². The monoisotopic (exact) mass is 178 g/mol. The third-order valence-electron chi connectivity index (χ3n) is 1.86. The van der Waals surface area contributed by atoms with E-state index in [1.54, 1.807) is 0 Å². The van der Waals surface area contributed by atoms with Crippen molar-refractivity contribution in [2.24, 2.45) is 5.92 Å². The Kier molecular flexibility index (Phi) is 8.35. The van der Waals surface area contributed by atoms with Gasteiger partial charge in [0, 0.05) is 0 Å². The Labute approximate surface area is 75.6 Å². The van der Waals surface area contributed by atoms with Gasteiger partial charge in [0.15, 0.2) is 0 Å². The van der Waals surface area contributed by atoms with Gasteiger partial charge < -0.3 is 0 Å². The van der Waals surface area contributed by atoms with Crippen molar-refractivity contribution >= 4 is 25.3 Å². The van der Waals surface area contributed by atoms with Crippen LogP contribution in [0.2, 0.25) is 0 Å². The molecular formula is C8H18S2. The molecule has 0 aliphatic heterocycles. The van der Waals surface area contributed by atoms with Crippen molar-refractivity contribution in [3.05, 3.63) is 0 Å². The van der Waals surface area contributed by atoms with Crippen LogP contribution >= 0.6 is 25.3 Å². The first kappa shape index (κ1) is 10.7. The Morgan fingerprint density at radius 2 is 1.90 bits per heavy atom. The molecule has 0 fully saturated rings. The molecule has 0 heterocycles. The quantitative estimate of drug-likeness (QED) is 0.453. The van der Waals surface area contributed by atoms with Crippen LogP contribution in [0.5, 0.6) is 0 Å². The molecule has 0 amide bonds. The zero-order chi connectivity index (χ0) is 7.82. The first-order chi connectivity index (χ1) is 4.85. The zero-order valence-electron chi connectivity index (χ0n) is 6.71. The predicted octanol–water partition coefficient (Wildman–Crippen LogP) is 3.04. The van der Waals surface area contributed by atoms with Crippen LogP contribution in [0.15, 0.2) is 0 Å². The van der Waals surface area contributed by atoms with E-state index in [0.717, 1.165) is 17.4 Å². The minimum absolute atomic E-state index is 0.836. The van der Waals surface area contributed by atoms with Crippen LogP contribution < -0.4 is 0 Å². The average molecular weight is 178 g/mol. The number of hydrogen-bond donors (Lipinski definition) is 2. The second kappa shape index (κ2) is 7.80. The van der Waals surface area contributed by atoms with Crippen molar-refractivity contribution in [1.82, 2.24) is 0 Å². The topological polar surface area (TPSA) is 0 Å². The minimum atomic E-state index is 0.836. The van der Waals surface area contributed by atoms with Gasteiger partial charge in [-0.3, -0.25) is 0 Å². The van der Waals surface area contributed by atoms with Crippen LogP contribution in [0, 0.1) is 5.92 Å². The van der Waals surface area contributed by atoms with E-state index in [1.165, 1.54) is 25.7 Å². The number of rotatable bonds is 6. The summed E-state index contributed by atoms with van der Waals surface area (Å²) in [5.74, 6) is 2.91. The molecule has 62 valence electrons. The molecule has 0 N–H and O–H groups in total. The second-order valence-electron chi connectivity index (χ2n) is 2.68. The standard InChI is InChI=1S/C8H18S2/c1-2-8(7-10)5-3-4-6-9/h8-10H,2-7H2,1H3. The lowest BCUT2D eigenvalue weighted by atomic mass is 10.0. The Hall–Kier alpha value is 0.700. The van der Waals surface area contributed by atoms with Crippen LogP contribution in [0.4, 0.5) is 0 Å². The van der Waals surface area contributed by atoms with Gasteiger partial charge in [0.05, 0.1) is 0 Å². The van der Waals surface area contributed by atoms with Gasteiger partial charge in [0.2, 0.25) is 0 Å². The lowest BCUT2D eigenvalue weighted by Crippen LogP contribution is -1.99. The summed E-state index contributed by atoms with van der Waals surface area (Å²) in [6.07, 6.45) is 5.19. The van der Waals surface area contributed by atoms with Crippen LogP contribution in [0.1, 0.15) is 32.6 Å². The molecular weight excluding hydrogens is 160 g/mol. The summed E-state index contributed by atoms with van der Waals surface area (Å²) in [6.45, 7) is 2.24. The summed E-state index contributed by atoms with van der Waals surface area (Å²) >= 11 is 8.44. The summed E-state index contributed by atoms with van der Waals surface area (Å²) in [5.41, 5.74) is 0. The molecule has 0 bridgehead atoms. The fourth-order valence-electron chi connectivity index (χ4n) is 0.969. The first-order valence-corrected chi connectivity index (χ1v) is 5.33. The van der Waals surface area contributed by atoms with Crippen molar-refractivity contribution in [2.45, 2.75) is 32.6 Å². The van der Waals surface area contributed by atoms with Crippen molar-refractivity contribution in [1.29, 1.82) is 0 Å². The maximum Gasteiger partial charge on any atom is -0.00696 e. The molecule has 0 aromatic rings. The molecule has 2 heteroatoms. The molecule has 0 saturated heterocycles. The van der Waals surface area contributed by atoms with Gasteiger partial charge in [-0.1, -0.05) is 19.8 Å². The molecule has 0 aliphatic rings. The van der Waals surface area contributed by atoms with Crippen molar-refractivity contribution in [2.75, 3.05) is 11.5 Å². The molecule has 0 spiro atoms. The van der Waals surface area contributed by atoms with Gasteiger partial charge in [0.1, 0.15) is 0 Å². The molecule has 0 aromatic carbocycles. The summed E-state index contributed by atoms with van der Waals surface area (Å²) in [7, 11) is 0. The van der Waals surface area contributed by atoms with E-state index in [1.807, 2.05) is 0 Å². The van der Waals surface area contributed by atoms with Gasteiger partial charge in [0.25, 0.3) is 0 Å². The van der Waals surface area contributed by atoms with E-state index in [4.69, 9.17) is 0 Å². The van der Waals surface area contributed by atoms with Crippen LogP contribution in [0.25, 0.3) is 0 Å². The van der Waals surface area contributed by atoms with Gasteiger partial charge >= 0.3 is 0 Å². The second-order valence-corrected chi connectivity index (χ2v) is 3.49. The molecule has 0 saturated carbocycles. The summed E-state index contributed by atoms with van der Waals surface area (Å²) in [6, 6.07) is 0. The SMILES string of the molecule is CCC(CS)CCCCS. The van der Waals surface area contributed by atoms with E-state index in [-0.39, 0.29) is 0 Å². The predicted molar refractivity (Wildman–Crippen MR) is 55.3 cm³/mol. The molecule has 0 nitrogen and oxygen atoms in total. The van der Waals surface area contributed by atoms with Gasteiger partial charge in [-0.15, -0.1) is 0 Å². The maximum absolute atomic E-state index is 4.28. The van der Waals surface area contributed by atoms with Crippen molar-refractivity contribution in [3.8, 4) is 0 Å². The zero-order valence-corrected chi connectivity index (χ0v) is 8.50. The number of thiol groups is 2. The minimum Gasteiger partial charge on any atom is -0.179 e. The summed E-state index contributed by atoms with van der Waals surface area (Å²) in [5, 5.41) is 0. The number of unbranched alkanes of at least 4 members (excludes halogenated alkanes) is 1. The molecule has 1 atom stereocenters. The summed E-state index contributed by atoms with van der Waals surface area (Å²) in [4.78, 5) is 0. The fraction of sp³-hybridized carbons (Fsp3) is 1.00. The maximum atomic E-state index is 4.28. The van der Waals surface area contributed by atoms with Crippen molar-refractivity contribution < 1.29 is 0 Å². The lowest BCUT2D eigenvalue weighted by Gasteiger charge is -2.09. The molecule has 0 rings (SSSR count). The molecule has 0 radical (unpaired) electrons. The molecule has 0 aromatic heterocycles. The lowest BCUT2D eigenvalue weighted by molar-refractivity contribution is 0.502. The van der Waals surface area contributed by atoms with E-state index in [9.17, 15) is 0 Å².